The van der Waals surface area contributed by atoms with Crippen LogP contribution in [0.3, 0.4) is 0 Å². The van der Waals surface area contributed by atoms with Crippen molar-refractivity contribution in [2.45, 2.75) is 45.8 Å². The number of benzene rings is 1. The average Bonchev–Trinajstić information content (AvgIpc) is 2.51. The quantitative estimate of drug-likeness (QED) is 0.311. The van der Waals surface area contributed by atoms with E-state index >= 15 is 0 Å². The minimum Gasteiger partial charge on any atom is -0.352 e. The fraction of sp³-hybridized carbons (Fsp3) is 0.438. The number of hydrogen-bond donors (Lipinski definition) is 1. The molecule has 1 aromatic carbocycles. The Morgan fingerprint density at radius 3 is 2.86 bits per heavy atom. The molecule has 0 aliphatic carbocycles. The summed E-state index contributed by atoms with van der Waals surface area (Å²) in [6, 6.07) is 7.18. The van der Waals surface area contributed by atoms with Crippen LogP contribution >= 0.6 is 0 Å². The molecule has 0 atom stereocenters. The third-order valence-electron chi connectivity index (χ3n) is 2.99. The molecule has 0 radical (unpaired) electrons. The van der Waals surface area contributed by atoms with Crippen LogP contribution in [0.4, 0.5) is 0 Å². The van der Waals surface area contributed by atoms with Gasteiger partial charge in [0.2, 0.25) is 5.91 Å². The molecule has 22 heavy (non-hydrogen) atoms. The molecule has 0 fully saturated rings. The van der Waals surface area contributed by atoms with E-state index in [-0.39, 0.29) is 12.5 Å². The van der Waals surface area contributed by atoms with Crippen LogP contribution in [0.5, 0.6) is 0 Å². The fourth-order valence-corrected chi connectivity index (χ4v) is 1.91. The molecule has 0 spiro atoms. The number of carbonyl (C=O) groups excluding carboxylic acids is 1. The van der Waals surface area contributed by atoms with E-state index in [0.717, 1.165) is 24.8 Å². The van der Waals surface area contributed by atoms with Crippen molar-refractivity contribution in [1.82, 2.24) is 5.32 Å². The van der Waals surface area contributed by atoms with E-state index in [4.69, 9.17) is 0 Å². The van der Waals surface area contributed by atoms with E-state index < -0.39 is 5.09 Å². The van der Waals surface area contributed by atoms with Crippen molar-refractivity contribution in [3.8, 4) is 0 Å². The number of unbranched alkanes of at least 4 members (excludes halogenated alkanes) is 1. The third kappa shape index (κ3) is 8.04. The molecule has 1 amide bonds. The molecule has 120 valence electrons. The molecule has 0 saturated heterocycles. The van der Waals surface area contributed by atoms with Crippen molar-refractivity contribution in [1.29, 1.82) is 0 Å². The minimum atomic E-state index is -0.818. The van der Waals surface area contributed by atoms with Crippen molar-refractivity contribution in [2.75, 3.05) is 0 Å². The summed E-state index contributed by atoms with van der Waals surface area (Å²) >= 11 is 0. The van der Waals surface area contributed by atoms with Gasteiger partial charge in [0.25, 0.3) is 5.09 Å². The van der Waals surface area contributed by atoms with Gasteiger partial charge in [-0.2, -0.15) is 0 Å². The lowest BCUT2D eigenvalue weighted by Crippen LogP contribution is -2.22. The topological polar surface area (TPSA) is 81.5 Å². The SMILES string of the molecule is CC/C=C\CCCC(=O)NCc1cccc(CO[N+](=O)[O-])c1. The molecule has 1 aromatic rings. The molecule has 0 aliphatic heterocycles. The molecule has 0 heterocycles. The summed E-state index contributed by atoms with van der Waals surface area (Å²) in [7, 11) is 0. The average molecular weight is 306 g/mol. The molecular weight excluding hydrogens is 284 g/mol. The second kappa shape index (κ2) is 10.4. The first-order chi connectivity index (χ1) is 10.6. The van der Waals surface area contributed by atoms with Gasteiger partial charge in [0.05, 0.1) is 0 Å². The fourth-order valence-electron chi connectivity index (χ4n) is 1.91. The number of nitrogens with one attached hydrogen (secondary N) is 1. The van der Waals surface area contributed by atoms with Gasteiger partial charge in [0.1, 0.15) is 6.61 Å². The molecule has 1 N–H and O–H groups in total. The number of hydrogen-bond acceptors (Lipinski definition) is 4. The number of amides is 1. The van der Waals surface area contributed by atoms with Crippen molar-refractivity contribution >= 4 is 5.91 Å². The summed E-state index contributed by atoms with van der Waals surface area (Å²) in [6.45, 7) is 2.41. The first-order valence-electron chi connectivity index (χ1n) is 7.38. The maximum Gasteiger partial charge on any atom is 0.294 e. The van der Waals surface area contributed by atoms with E-state index in [9.17, 15) is 14.9 Å². The lowest BCUT2D eigenvalue weighted by atomic mass is 10.1. The van der Waals surface area contributed by atoms with Gasteiger partial charge >= 0.3 is 0 Å². The summed E-state index contributed by atoms with van der Waals surface area (Å²) in [5, 5.41) is 12.2. The van der Waals surface area contributed by atoms with E-state index in [1.165, 1.54) is 0 Å². The monoisotopic (exact) mass is 306 g/mol. The molecule has 0 aromatic heterocycles. The zero-order valence-electron chi connectivity index (χ0n) is 12.8. The van der Waals surface area contributed by atoms with Gasteiger partial charge in [0, 0.05) is 13.0 Å². The predicted octanol–water partition coefficient (Wildman–Crippen LogP) is 3.15. The zero-order valence-corrected chi connectivity index (χ0v) is 12.8. The Bertz CT molecular complexity index is 515. The van der Waals surface area contributed by atoms with E-state index in [1.54, 1.807) is 18.2 Å². The summed E-state index contributed by atoms with van der Waals surface area (Å²) in [6.07, 6.45) is 7.44. The van der Waals surface area contributed by atoms with E-state index in [0.29, 0.717) is 18.5 Å². The highest BCUT2D eigenvalue weighted by Crippen LogP contribution is 2.07. The Labute approximate surface area is 130 Å². The maximum atomic E-state index is 11.7. The highest BCUT2D eigenvalue weighted by molar-refractivity contribution is 5.75. The van der Waals surface area contributed by atoms with Crippen LogP contribution in [0, 0.1) is 10.1 Å². The first-order valence-corrected chi connectivity index (χ1v) is 7.38. The van der Waals surface area contributed by atoms with Gasteiger partial charge in [-0.1, -0.05) is 43.3 Å². The summed E-state index contributed by atoms with van der Waals surface area (Å²) < 4.78 is 0. The highest BCUT2D eigenvalue weighted by Gasteiger charge is 2.02. The molecule has 0 aliphatic rings. The lowest BCUT2D eigenvalue weighted by molar-refractivity contribution is -0.763. The summed E-state index contributed by atoms with van der Waals surface area (Å²) in [5.74, 6) is 0.0110. The standard InChI is InChI=1S/C16H22N2O4/c1-2-3-4-5-6-10-16(19)17-12-14-8-7-9-15(11-14)13-22-18(20)21/h3-4,7-9,11H,2,5-6,10,12-13H2,1H3,(H,17,19)/b4-3-. The van der Waals surface area contributed by atoms with Gasteiger partial charge in [-0.15, -0.1) is 10.1 Å². The van der Waals surface area contributed by atoms with Crippen molar-refractivity contribution in [3.05, 3.63) is 57.7 Å². The minimum absolute atomic E-state index is 0.0110. The Hall–Kier alpha value is -2.37. The third-order valence-corrected chi connectivity index (χ3v) is 2.99. The maximum absolute atomic E-state index is 11.7. The molecule has 6 nitrogen and oxygen atoms in total. The largest absolute Gasteiger partial charge is 0.352 e. The molecule has 0 unspecified atom stereocenters. The molecule has 1 rings (SSSR count). The molecule has 0 saturated carbocycles. The van der Waals surface area contributed by atoms with Gasteiger partial charge < -0.3 is 10.2 Å². The van der Waals surface area contributed by atoms with Gasteiger partial charge in [0.15, 0.2) is 0 Å². The van der Waals surface area contributed by atoms with Gasteiger partial charge in [-0.3, -0.25) is 4.79 Å². The van der Waals surface area contributed by atoms with Crippen LogP contribution in [0.15, 0.2) is 36.4 Å². The second-order valence-electron chi connectivity index (χ2n) is 4.87. The second-order valence-corrected chi connectivity index (χ2v) is 4.87. The Morgan fingerprint density at radius 1 is 1.36 bits per heavy atom. The number of carbonyl (C=O) groups is 1. The van der Waals surface area contributed by atoms with Crippen LogP contribution in [-0.2, 0) is 22.8 Å². The summed E-state index contributed by atoms with van der Waals surface area (Å²) in [4.78, 5) is 26.2. The zero-order chi connectivity index (χ0) is 16.2. The van der Waals surface area contributed by atoms with Gasteiger partial charge in [-0.25, -0.2) is 0 Å². The summed E-state index contributed by atoms with van der Waals surface area (Å²) in [5.41, 5.74) is 1.59. The van der Waals surface area contributed by atoms with Crippen LogP contribution < -0.4 is 5.32 Å². The smallest absolute Gasteiger partial charge is 0.294 e. The molecule has 0 bridgehead atoms. The Balaban J connectivity index is 2.31. The normalized spacial score (nSPS) is 10.6. The predicted molar refractivity (Wildman–Crippen MR) is 83.4 cm³/mol. The molecular formula is C16H22N2O4. The lowest BCUT2D eigenvalue weighted by Gasteiger charge is -2.07. The number of rotatable bonds is 10. The van der Waals surface area contributed by atoms with Crippen molar-refractivity contribution in [3.63, 3.8) is 0 Å². The van der Waals surface area contributed by atoms with Gasteiger partial charge in [-0.05, 0) is 30.4 Å². The Kier molecular flexibility index (Phi) is 8.33. The number of nitrogens with zero attached hydrogens (tertiary/aromatic N) is 1. The van der Waals surface area contributed by atoms with Crippen molar-refractivity contribution in [2.24, 2.45) is 0 Å². The van der Waals surface area contributed by atoms with Crippen LogP contribution in [-0.4, -0.2) is 11.0 Å². The van der Waals surface area contributed by atoms with Crippen molar-refractivity contribution < 1.29 is 14.7 Å². The van der Waals surface area contributed by atoms with Crippen LogP contribution in [0.2, 0.25) is 0 Å². The van der Waals surface area contributed by atoms with Crippen LogP contribution in [0.1, 0.15) is 43.7 Å². The Morgan fingerprint density at radius 2 is 2.14 bits per heavy atom. The first kappa shape index (κ1) is 17.7. The van der Waals surface area contributed by atoms with Crippen LogP contribution in [0.25, 0.3) is 0 Å². The van der Waals surface area contributed by atoms with E-state index in [2.05, 4.69) is 29.2 Å². The highest BCUT2D eigenvalue weighted by atomic mass is 16.9. The molecule has 6 heteroatoms. The van der Waals surface area contributed by atoms with E-state index in [1.807, 2.05) is 6.07 Å². The number of allylic oxidation sites excluding steroid dienone is 2.